The molecule has 1 aliphatic rings. The number of carbonyl (C=O) groups is 1. The van der Waals surface area contributed by atoms with Crippen LogP contribution in [-0.2, 0) is 6.61 Å². The quantitative estimate of drug-likeness (QED) is 0.557. The lowest BCUT2D eigenvalue weighted by Gasteiger charge is -2.23. The van der Waals surface area contributed by atoms with Crippen molar-refractivity contribution in [1.82, 2.24) is 15.3 Å². The Morgan fingerprint density at radius 2 is 2.00 bits per heavy atom. The molecular formula is C25H26FN3O3. The van der Waals surface area contributed by atoms with E-state index in [0.717, 1.165) is 24.1 Å². The summed E-state index contributed by atoms with van der Waals surface area (Å²) in [5.41, 5.74) is 2.42. The van der Waals surface area contributed by atoms with E-state index in [1.807, 2.05) is 19.1 Å². The van der Waals surface area contributed by atoms with Crippen molar-refractivity contribution in [2.75, 3.05) is 6.54 Å². The Morgan fingerprint density at radius 3 is 2.69 bits per heavy atom. The first-order chi connectivity index (χ1) is 15.3. The number of ether oxygens (including phenoxy) is 1. The Bertz CT molecular complexity index is 1110. The van der Waals surface area contributed by atoms with Gasteiger partial charge in [-0.25, -0.2) is 9.37 Å². The summed E-state index contributed by atoms with van der Waals surface area (Å²) in [5, 5.41) is 13.3. The van der Waals surface area contributed by atoms with Crippen LogP contribution in [0.15, 0.2) is 54.9 Å². The first-order valence-electron chi connectivity index (χ1n) is 10.6. The normalized spacial score (nSPS) is 15.1. The number of pyridine rings is 2. The van der Waals surface area contributed by atoms with Crippen molar-refractivity contribution in [3.8, 4) is 17.0 Å². The average molecular weight is 435 g/mol. The number of halogens is 1. The highest BCUT2D eigenvalue weighted by Gasteiger charge is 2.40. The molecule has 0 spiro atoms. The summed E-state index contributed by atoms with van der Waals surface area (Å²) >= 11 is 0. The maximum atomic E-state index is 13.5. The zero-order chi connectivity index (χ0) is 22.7. The number of rotatable bonds is 8. The third-order valence-electron chi connectivity index (χ3n) is 5.80. The van der Waals surface area contributed by atoms with Crippen molar-refractivity contribution < 1.29 is 19.0 Å². The molecule has 2 aromatic heterocycles. The molecule has 7 heteroatoms. The molecule has 4 rings (SSSR count). The van der Waals surface area contributed by atoms with Crippen molar-refractivity contribution in [2.45, 2.75) is 38.9 Å². The third-order valence-corrected chi connectivity index (χ3v) is 5.80. The number of hydrogen-bond acceptors (Lipinski definition) is 5. The van der Waals surface area contributed by atoms with Crippen LogP contribution >= 0.6 is 0 Å². The molecule has 32 heavy (non-hydrogen) atoms. The van der Waals surface area contributed by atoms with Gasteiger partial charge in [-0.05, 0) is 68.0 Å². The van der Waals surface area contributed by atoms with Crippen LogP contribution in [0.3, 0.4) is 0 Å². The molecule has 1 amide bonds. The molecule has 3 aromatic rings. The number of aromatic nitrogens is 2. The van der Waals surface area contributed by atoms with Gasteiger partial charge >= 0.3 is 0 Å². The fourth-order valence-corrected chi connectivity index (χ4v) is 3.54. The predicted octanol–water partition coefficient (Wildman–Crippen LogP) is 4.06. The minimum atomic E-state index is -0.924. The number of aryl methyl sites for hydroxylation is 1. The lowest BCUT2D eigenvalue weighted by molar-refractivity contribution is 0.0354. The molecule has 1 aliphatic carbocycles. The fraction of sp³-hybridized carbons (Fsp3) is 0.320. The number of aliphatic hydroxyl groups is 1. The standard InChI is InChI=1S/C25H26FN3O3/c1-16-4-3-11-27-22(16)14-32-24-21(17-5-9-20(26)10-6-17)12-18(13-28-24)23(30)29-15-25(2,31)19-7-8-19/h3-6,9-13,19,31H,7-8,14-15H2,1-2H3,(H,29,30)/t25-/m0/s1. The van der Waals surface area contributed by atoms with E-state index in [0.29, 0.717) is 22.6 Å². The minimum Gasteiger partial charge on any atom is -0.471 e. The first kappa shape index (κ1) is 21.9. The molecule has 0 saturated heterocycles. The van der Waals surface area contributed by atoms with Crippen LogP contribution in [0.1, 0.15) is 41.4 Å². The van der Waals surface area contributed by atoms with Crippen molar-refractivity contribution in [3.05, 3.63) is 77.5 Å². The molecule has 2 N–H and O–H groups in total. The topological polar surface area (TPSA) is 84.3 Å². The molecule has 6 nitrogen and oxygen atoms in total. The maximum absolute atomic E-state index is 13.5. The van der Waals surface area contributed by atoms with Crippen molar-refractivity contribution >= 4 is 5.91 Å². The summed E-state index contributed by atoms with van der Waals surface area (Å²) in [6, 6.07) is 11.4. The van der Waals surface area contributed by atoms with Gasteiger partial charge in [0.25, 0.3) is 5.91 Å². The molecule has 166 valence electrons. The number of hydrogen-bond donors (Lipinski definition) is 2. The summed E-state index contributed by atoms with van der Waals surface area (Å²) < 4.78 is 19.4. The molecule has 1 fully saturated rings. The van der Waals surface area contributed by atoms with Gasteiger partial charge in [0, 0.05) is 24.5 Å². The monoisotopic (exact) mass is 435 g/mol. The van der Waals surface area contributed by atoms with Crippen LogP contribution in [-0.4, -0.2) is 33.1 Å². The SMILES string of the molecule is Cc1cccnc1COc1ncc(C(=O)NC[C@](C)(O)C2CC2)cc1-c1ccc(F)cc1. The van der Waals surface area contributed by atoms with Crippen LogP contribution < -0.4 is 10.1 Å². The van der Waals surface area contributed by atoms with E-state index in [1.165, 1.54) is 18.3 Å². The minimum absolute atomic E-state index is 0.166. The molecule has 0 unspecified atom stereocenters. The second-order valence-corrected chi connectivity index (χ2v) is 8.45. The Kier molecular flexibility index (Phi) is 6.19. The molecular weight excluding hydrogens is 409 g/mol. The van der Waals surface area contributed by atoms with E-state index in [4.69, 9.17) is 4.74 Å². The molecule has 0 bridgehead atoms. The van der Waals surface area contributed by atoms with E-state index >= 15 is 0 Å². The second-order valence-electron chi connectivity index (χ2n) is 8.45. The van der Waals surface area contributed by atoms with Crippen molar-refractivity contribution in [3.63, 3.8) is 0 Å². The van der Waals surface area contributed by atoms with Gasteiger partial charge in [-0.1, -0.05) is 18.2 Å². The Morgan fingerprint density at radius 1 is 1.25 bits per heavy atom. The Balaban J connectivity index is 1.57. The molecule has 0 aliphatic heterocycles. The van der Waals surface area contributed by atoms with E-state index in [9.17, 15) is 14.3 Å². The lowest BCUT2D eigenvalue weighted by Crippen LogP contribution is -2.42. The summed E-state index contributed by atoms with van der Waals surface area (Å²) in [7, 11) is 0. The molecule has 1 saturated carbocycles. The summed E-state index contributed by atoms with van der Waals surface area (Å²) in [6.45, 7) is 4.07. The summed E-state index contributed by atoms with van der Waals surface area (Å²) in [5.74, 6) is -0.150. The zero-order valence-corrected chi connectivity index (χ0v) is 18.1. The highest BCUT2D eigenvalue weighted by atomic mass is 19.1. The van der Waals surface area contributed by atoms with E-state index in [1.54, 1.807) is 31.3 Å². The molecule has 1 atom stereocenters. The predicted molar refractivity (Wildman–Crippen MR) is 119 cm³/mol. The molecule has 2 heterocycles. The fourth-order valence-electron chi connectivity index (χ4n) is 3.54. The van der Waals surface area contributed by atoms with Gasteiger partial charge < -0.3 is 15.2 Å². The van der Waals surface area contributed by atoms with Crippen LogP contribution in [0.4, 0.5) is 4.39 Å². The summed E-state index contributed by atoms with van der Waals surface area (Å²) in [6.07, 6.45) is 5.08. The van der Waals surface area contributed by atoms with E-state index < -0.39 is 5.60 Å². The van der Waals surface area contributed by atoms with Gasteiger partial charge in [-0.3, -0.25) is 9.78 Å². The van der Waals surface area contributed by atoms with Gasteiger partial charge in [0.05, 0.1) is 16.9 Å². The van der Waals surface area contributed by atoms with Crippen LogP contribution in [0.5, 0.6) is 5.88 Å². The molecule has 0 radical (unpaired) electrons. The zero-order valence-electron chi connectivity index (χ0n) is 18.1. The average Bonchev–Trinajstić information content (AvgIpc) is 3.64. The summed E-state index contributed by atoms with van der Waals surface area (Å²) in [4.78, 5) is 21.4. The lowest BCUT2D eigenvalue weighted by atomic mass is 10.0. The maximum Gasteiger partial charge on any atom is 0.252 e. The second kappa shape index (κ2) is 9.04. The van der Waals surface area contributed by atoms with Gasteiger partial charge in [-0.15, -0.1) is 0 Å². The Hall–Kier alpha value is -3.32. The third kappa shape index (κ3) is 5.11. The molecule has 1 aromatic carbocycles. The van der Waals surface area contributed by atoms with E-state index in [-0.39, 0.29) is 30.8 Å². The van der Waals surface area contributed by atoms with Gasteiger partial charge in [0.15, 0.2) is 0 Å². The van der Waals surface area contributed by atoms with Crippen LogP contribution in [0.2, 0.25) is 0 Å². The largest absolute Gasteiger partial charge is 0.471 e. The van der Waals surface area contributed by atoms with Crippen molar-refractivity contribution in [1.29, 1.82) is 0 Å². The number of carbonyl (C=O) groups excluding carboxylic acids is 1. The first-order valence-corrected chi connectivity index (χ1v) is 10.6. The smallest absolute Gasteiger partial charge is 0.252 e. The van der Waals surface area contributed by atoms with Gasteiger partial charge in [0.2, 0.25) is 5.88 Å². The van der Waals surface area contributed by atoms with Crippen LogP contribution in [0.25, 0.3) is 11.1 Å². The van der Waals surface area contributed by atoms with E-state index in [2.05, 4.69) is 15.3 Å². The number of nitrogens with one attached hydrogen (secondary N) is 1. The van der Waals surface area contributed by atoms with Crippen molar-refractivity contribution in [2.24, 2.45) is 5.92 Å². The highest BCUT2D eigenvalue weighted by molar-refractivity contribution is 5.95. The van der Waals surface area contributed by atoms with Gasteiger partial charge in [-0.2, -0.15) is 0 Å². The van der Waals surface area contributed by atoms with Crippen LogP contribution in [0, 0.1) is 18.7 Å². The number of nitrogens with zero attached hydrogens (tertiary/aromatic N) is 2. The highest BCUT2D eigenvalue weighted by Crippen LogP contribution is 2.39. The number of benzene rings is 1. The Labute approximate surface area is 186 Å². The number of amides is 1. The van der Waals surface area contributed by atoms with Gasteiger partial charge in [0.1, 0.15) is 12.4 Å².